The van der Waals surface area contributed by atoms with Gasteiger partial charge in [-0.3, -0.25) is 19.5 Å². The van der Waals surface area contributed by atoms with Gasteiger partial charge in [-0.2, -0.15) is 0 Å². The summed E-state index contributed by atoms with van der Waals surface area (Å²) in [7, 11) is 1.55. The van der Waals surface area contributed by atoms with Crippen molar-refractivity contribution in [1.29, 1.82) is 0 Å². The van der Waals surface area contributed by atoms with E-state index < -0.39 is 12.2 Å². The summed E-state index contributed by atoms with van der Waals surface area (Å²) in [5.41, 5.74) is 3.01. The third kappa shape index (κ3) is 4.02. The molecule has 2 aromatic rings. The SMILES string of the molecule is CNC(=O)c1ncc(N2CCN(Cc3cc4c(cn3)O[C@H](O)C(=O)N4)CC2)c(C)n1. The van der Waals surface area contributed by atoms with Crippen molar-refractivity contribution in [2.24, 2.45) is 0 Å². The molecule has 1 fully saturated rings. The van der Waals surface area contributed by atoms with Gasteiger partial charge in [-0.15, -0.1) is 0 Å². The number of nitrogens with one attached hydrogen (secondary N) is 2. The number of piperazine rings is 1. The lowest BCUT2D eigenvalue weighted by molar-refractivity contribution is -0.139. The monoisotopic (exact) mass is 413 g/mol. The Morgan fingerprint density at radius 1 is 1.30 bits per heavy atom. The number of aliphatic hydroxyl groups excluding tert-OH is 1. The third-order valence-corrected chi connectivity index (χ3v) is 5.13. The summed E-state index contributed by atoms with van der Waals surface area (Å²) < 4.78 is 5.12. The molecule has 4 rings (SSSR count). The largest absolute Gasteiger partial charge is 0.452 e. The van der Waals surface area contributed by atoms with Gasteiger partial charge in [-0.05, 0) is 13.0 Å². The quantitative estimate of drug-likeness (QED) is 0.607. The fourth-order valence-corrected chi connectivity index (χ4v) is 3.50. The van der Waals surface area contributed by atoms with E-state index >= 15 is 0 Å². The van der Waals surface area contributed by atoms with E-state index in [1.54, 1.807) is 19.3 Å². The van der Waals surface area contributed by atoms with Crippen molar-refractivity contribution in [3.8, 4) is 5.75 Å². The second kappa shape index (κ2) is 8.20. The molecule has 4 heterocycles. The minimum absolute atomic E-state index is 0.166. The third-order valence-electron chi connectivity index (χ3n) is 5.13. The highest BCUT2D eigenvalue weighted by Crippen LogP contribution is 2.29. The molecular weight excluding hydrogens is 390 g/mol. The Morgan fingerprint density at radius 2 is 2.07 bits per heavy atom. The average Bonchev–Trinajstić information content (AvgIpc) is 2.75. The number of aryl methyl sites for hydroxylation is 1. The van der Waals surface area contributed by atoms with Gasteiger partial charge in [-0.1, -0.05) is 0 Å². The predicted octanol–water partition coefficient (Wildman–Crippen LogP) is -0.489. The molecule has 2 aromatic heterocycles. The zero-order valence-electron chi connectivity index (χ0n) is 16.8. The fourth-order valence-electron chi connectivity index (χ4n) is 3.50. The van der Waals surface area contributed by atoms with Gasteiger partial charge in [0.25, 0.3) is 18.1 Å². The Kier molecular flexibility index (Phi) is 5.46. The Balaban J connectivity index is 1.37. The summed E-state index contributed by atoms with van der Waals surface area (Å²) in [6.07, 6.45) is 1.71. The molecule has 1 saturated heterocycles. The Bertz CT molecular complexity index is 975. The van der Waals surface area contributed by atoms with Gasteiger partial charge in [-0.25, -0.2) is 9.97 Å². The molecule has 3 N–H and O–H groups in total. The highest BCUT2D eigenvalue weighted by atomic mass is 16.6. The number of anilines is 2. The molecule has 2 aliphatic heterocycles. The van der Waals surface area contributed by atoms with Gasteiger partial charge in [0.1, 0.15) is 0 Å². The maximum Gasteiger partial charge on any atom is 0.293 e. The van der Waals surface area contributed by atoms with Crippen molar-refractivity contribution in [2.75, 3.05) is 43.4 Å². The van der Waals surface area contributed by atoms with Crippen molar-refractivity contribution in [3.63, 3.8) is 0 Å². The number of nitrogens with zero attached hydrogens (tertiary/aromatic N) is 5. The van der Waals surface area contributed by atoms with E-state index in [2.05, 4.69) is 35.4 Å². The lowest BCUT2D eigenvalue weighted by Crippen LogP contribution is -2.46. The van der Waals surface area contributed by atoms with E-state index in [1.165, 1.54) is 6.20 Å². The number of pyridine rings is 1. The van der Waals surface area contributed by atoms with Crippen LogP contribution in [-0.2, 0) is 11.3 Å². The van der Waals surface area contributed by atoms with Crippen LogP contribution in [0.25, 0.3) is 0 Å². The predicted molar refractivity (Wildman–Crippen MR) is 107 cm³/mol. The van der Waals surface area contributed by atoms with Gasteiger partial charge >= 0.3 is 0 Å². The lowest BCUT2D eigenvalue weighted by atomic mass is 10.2. The summed E-state index contributed by atoms with van der Waals surface area (Å²) in [5, 5.41) is 14.6. The van der Waals surface area contributed by atoms with E-state index in [4.69, 9.17) is 4.74 Å². The van der Waals surface area contributed by atoms with Crippen molar-refractivity contribution >= 4 is 23.2 Å². The maximum atomic E-state index is 11.7. The molecule has 158 valence electrons. The van der Waals surface area contributed by atoms with Crippen LogP contribution in [0.4, 0.5) is 11.4 Å². The van der Waals surface area contributed by atoms with Gasteiger partial charge in [0.2, 0.25) is 5.82 Å². The van der Waals surface area contributed by atoms with E-state index in [0.717, 1.165) is 43.3 Å². The first-order chi connectivity index (χ1) is 14.4. The molecule has 0 spiro atoms. The van der Waals surface area contributed by atoms with Crippen LogP contribution in [0.5, 0.6) is 5.75 Å². The number of hydrogen-bond acceptors (Lipinski definition) is 9. The van der Waals surface area contributed by atoms with Crippen molar-refractivity contribution in [3.05, 3.63) is 35.7 Å². The molecule has 11 heteroatoms. The first kappa shape index (κ1) is 20.0. The van der Waals surface area contributed by atoms with Gasteiger partial charge in [0.15, 0.2) is 5.75 Å². The lowest BCUT2D eigenvalue weighted by Gasteiger charge is -2.36. The number of fused-ring (bicyclic) bond motifs is 1. The molecular formula is C19H23N7O4. The number of rotatable bonds is 4. The Hall–Kier alpha value is -3.31. The maximum absolute atomic E-state index is 11.7. The van der Waals surface area contributed by atoms with Crippen LogP contribution in [0, 0.1) is 6.92 Å². The smallest absolute Gasteiger partial charge is 0.293 e. The summed E-state index contributed by atoms with van der Waals surface area (Å²) in [5.74, 6) is -0.373. The molecule has 0 aromatic carbocycles. The minimum Gasteiger partial charge on any atom is -0.452 e. The first-order valence-electron chi connectivity index (χ1n) is 9.62. The number of aliphatic hydroxyl groups is 1. The van der Waals surface area contributed by atoms with Crippen LogP contribution in [0.1, 0.15) is 22.0 Å². The van der Waals surface area contributed by atoms with Gasteiger partial charge in [0.05, 0.1) is 35.2 Å². The zero-order valence-corrected chi connectivity index (χ0v) is 16.8. The highest BCUT2D eigenvalue weighted by molar-refractivity contribution is 5.96. The van der Waals surface area contributed by atoms with E-state index in [9.17, 15) is 14.7 Å². The normalized spacial score (nSPS) is 19.0. The average molecular weight is 413 g/mol. The fraction of sp³-hybridized carbons (Fsp3) is 0.421. The molecule has 0 unspecified atom stereocenters. The summed E-state index contributed by atoms with van der Waals surface area (Å²) in [6, 6.07) is 1.76. The first-order valence-corrected chi connectivity index (χ1v) is 9.62. The minimum atomic E-state index is -1.50. The van der Waals surface area contributed by atoms with E-state index in [-0.39, 0.29) is 11.7 Å². The zero-order chi connectivity index (χ0) is 21.3. The Labute approximate surface area is 173 Å². The van der Waals surface area contributed by atoms with E-state index in [0.29, 0.717) is 18.0 Å². The summed E-state index contributed by atoms with van der Waals surface area (Å²) in [4.78, 5) is 40.6. The van der Waals surface area contributed by atoms with Crippen LogP contribution in [0.3, 0.4) is 0 Å². The van der Waals surface area contributed by atoms with Crippen LogP contribution in [0.15, 0.2) is 18.5 Å². The second-order valence-electron chi connectivity index (χ2n) is 7.14. The number of carbonyl (C=O) groups is 2. The van der Waals surface area contributed by atoms with Crippen LogP contribution in [0.2, 0.25) is 0 Å². The number of ether oxygens (including phenoxy) is 1. The van der Waals surface area contributed by atoms with Crippen molar-refractivity contribution in [1.82, 2.24) is 25.2 Å². The summed E-state index contributed by atoms with van der Waals surface area (Å²) >= 11 is 0. The number of amides is 2. The van der Waals surface area contributed by atoms with Crippen LogP contribution in [-0.4, -0.2) is 76.3 Å². The van der Waals surface area contributed by atoms with E-state index in [1.807, 2.05) is 6.92 Å². The topological polar surface area (TPSA) is 133 Å². The molecule has 11 nitrogen and oxygen atoms in total. The van der Waals surface area contributed by atoms with Crippen molar-refractivity contribution in [2.45, 2.75) is 19.8 Å². The molecule has 0 saturated carbocycles. The molecule has 30 heavy (non-hydrogen) atoms. The van der Waals surface area contributed by atoms with Gasteiger partial charge in [0, 0.05) is 39.8 Å². The number of carbonyl (C=O) groups excluding carboxylic acids is 2. The standard InChI is InChI=1S/C19H23N7O4/c1-11-14(8-22-16(23-11)17(27)20-2)26-5-3-25(4-6-26)10-12-7-13-15(9-21-12)30-19(29)18(28)24-13/h7-9,19,29H,3-6,10H2,1-2H3,(H,20,27)(H,24,28)/t19-/m0/s1. The highest BCUT2D eigenvalue weighted by Gasteiger charge is 2.26. The molecule has 0 bridgehead atoms. The van der Waals surface area contributed by atoms with Gasteiger partial charge < -0.3 is 25.4 Å². The molecule has 0 aliphatic carbocycles. The molecule has 2 aliphatic rings. The molecule has 1 atom stereocenters. The molecule has 2 amide bonds. The molecule has 0 radical (unpaired) electrons. The second-order valence-corrected chi connectivity index (χ2v) is 7.14. The number of aromatic nitrogens is 3. The number of hydrogen-bond donors (Lipinski definition) is 3. The van der Waals surface area contributed by atoms with Crippen molar-refractivity contribution < 1.29 is 19.4 Å². The van der Waals surface area contributed by atoms with Crippen LogP contribution >= 0.6 is 0 Å². The summed E-state index contributed by atoms with van der Waals surface area (Å²) in [6.45, 7) is 5.72. The Morgan fingerprint density at radius 3 is 2.77 bits per heavy atom. The van der Waals surface area contributed by atoms with Crippen LogP contribution < -0.4 is 20.3 Å².